The van der Waals surface area contributed by atoms with Gasteiger partial charge in [0.05, 0.1) is 11.0 Å². The van der Waals surface area contributed by atoms with Crippen LogP contribution in [0, 0.1) is 11.3 Å². The molecule has 2 aromatic heterocycles. The van der Waals surface area contributed by atoms with Crippen molar-refractivity contribution in [3.05, 3.63) is 29.8 Å². The molecule has 2 heterocycles. The first-order valence-corrected chi connectivity index (χ1v) is 4.46. The van der Waals surface area contributed by atoms with Gasteiger partial charge < -0.3 is 5.73 Å². The number of para-hydroxylation sites is 2. The topological polar surface area (TPSA) is 82.9 Å². The highest BCUT2D eigenvalue weighted by Gasteiger charge is 2.13. The fraction of sp³-hybridized carbons (Fsp3) is 0. The maximum atomic E-state index is 8.93. The molecule has 0 bridgehead atoms. The first-order chi connectivity index (χ1) is 7.31. The van der Waals surface area contributed by atoms with Crippen LogP contribution in [0.4, 0.5) is 5.82 Å². The fourth-order valence-electron chi connectivity index (χ4n) is 1.71. The number of hydrogen-bond acceptors (Lipinski definition) is 3. The van der Waals surface area contributed by atoms with E-state index in [9.17, 15) is 0 Å². The molecule has 0 saturated carbocycles. The highest BCUT2D eigenvalue weighted by molar-refractivity contribution is 5.83. The van der Waals surface area contributed by atoms with Crippen LogP contribution in [0.5, 0.6) is 0 Å². The van der Waals surface area contributed by atoms with Crippen molar-refractivity contribution in [2.45, 2.75) is 0 Å². The minimum absolute atomic E-state index is 0.353. The molecule has 0 unspecified atom stereocenters. The quantitative estimate of drug-likeness (QED) is 0.569. The number of aromatic nitrogens is 3. The Bertz CT molecular complexity index is 698. The molecule has 0 saturated heterocycles. The Kier molecular flexibility index (Phi) is 1.32. The molecule has 15 heavy (non-hydrogen) atoms. The molecule has 3 N–H and O–H groups in total. The molecule has 0 fully saturated rings. The van der Waals surface area contributed by atoms with Crippen molar-refractivity contribution in [2.24, 2.45) is 0 Å². The van der Waals surface area contributed by atoms with Crippen LogP contribution in [-0.2, 0) is 0 Å². The number of rotatable bonds is 0. The first-order valence-electron chi connectivity index (χ1n) is 4.46. The Balaban J connectivity index is 2.59. The molecule has 3 rings (SSSR count). The summed E-state index contributed by atoms with van der Waals surface area (Å²) < 4.78 is 1.73. The second-order valence-electron chi connectivity index (χ2n) is 3.27. The van der Waals surface area contributed by atoms with Crippen molar-refractivity contribution in [2.75, 3.05) is 5.73 Å². The van der Waals surface area contributed by atoms with Crippen LogP contribution in [0.2, 0.25) is 0 Å². The minimum Gasteiger partial charge on any atom is -0.383 e. The summed E-state index contributed by atoms with van der Waals surface area (Å²) in [5, 5.41) is 11.8. The lowest BCUT2D eigenvalue weighted by atomic mass is 10.3. The average Bonchev–Trinajstić information content (AvgIpc) is 2.72. The van der Waals surface area contributed by atoms with Crippen LogP contribution in [0.1, 0.15) is 5.56 Å². The number of hydrogen-bond donors (Lipinski definition) is 2. The van der Waals surface area contributed by atoms with Crippen molar-refractivity contribution in [1.82, 2.24) is 14.6 Å². The maximum Gasteiger partial charge on any atom is 0.174 e. The molecule has 0 aliphatic heterocycles. The van der Waals surface area contributed by atoms with Gasteiger partial charge in [0.15, 0.2) is 5.65 Å². The summed E-state index contributed by atoms with van der Waals surface area (Å²) in [6.07, 6.45) is 0. The van der Waals surface area contributed by atoms with E-state index in [0.717, 1.165) is 11.0 Å². The van der Waals surface area contributed by atoms with E-state index in [1.54, 1.807) is 4.52 Å². The standard InChI is InChI=1S/C10H7N5/c11-5-6-9(12)14-15-8-4-2-1-3-7(8)13-10(6)15/h1-4,14H,12H2. The zero-order valence-corrected chi connectivity index (χ0v) is 7.73. The van der Waals surface area contributed by atoms with Crippen molar-refractivity contribution in [3.8, 4) is 6.07 Å². The lowest BCUT2D eigenvalue weighted by Gasteiger charge is -1.88. The van der Waals surface area contributed by atoms with Crippen LogP contribution in [0.3, 0.4) is 0 Å². The van der Waals surface area contributed by atoms with Gasteiger partial charge in [0.25, 0.3) is 0 Å². The van der Waals surface area contributed by atoms with Crippen LogP contribution >= 0.6 is 0 Å². The van der Waals surface area contributed by atoms with Gasteiger partial charge in [-0.1, -0.05) is 12.1 Å². The van der Waals surface area contributed by atoms with E-state index >= 15 is 0 Å². The third-order valence-electron chi connectivity index (χ3n) is 2.40. The number of benzene rings is 1. The summed E-state index contributed by atoms with van der Waals surface area (Å²) in [5.41, 5.74) is 8.40. The summed E-state index contributed by atoms with van der Waals surface area (Å²) in [4.78, 5) is 4.34. The molecule has 72 valence electrons. The molecule has 0 radical (unpaired) electrons. The minimum atomic E-state index is 0.353. The molecule has 1 aromatic carbocycles. The predicted molar refractivity (Wildman–Crippen MR) is 56.2 cm³/mol. The summed E-state index contributed by atoms with van der Waals surface area (Å²) in [7, 11) is 0. The second-order valence-corrected chi connectivity index (χ2v) is 3.27. The molecule has 0 aliphatic carbocycles. The van der Waals surface area contributed by atoms with Gasteiger partial charge in [0.1, 0.15) is 17.5 Å². The maximum absolute atomic E-state index is 8.93. The molecular weight excluding hydrogens is 190 g/mol. The number of nitrogens with zero attached hydrogens (tertiary/aromatic N) is 3. The van der Waals surface area contributed by atoms with Gasteiger partial charge in [0, 0.05) is 0 Å². The molecule has 3 aromatic rings. The van der Waals surface area contributed by atoms with Gasteiger partial charge in [-0.15, -0.1) is 0 Å². The van der Waals surface area contributed by atoms with E-state index in [2.05, 4.69) is 10.1 Å². The number of imidazole rings is 1. The molecule has 0 spiro atoms. The monoisotopic (exact) mass is 197 g/mol. The highest BCUT2D eigenvalue weighted by Crippen LogP contribution is 2.21. The van der Waals surface area contributed by atoms with Crippen LogP contribution < -0.4 is 5.73 Å². The van der Waals surface area contributed by atoms with Crippen molar-refractivity contribution < 1.29 is 0 Å². The third kappa shape index (κ3) is 0.876. The van der Waals surface area contributed by atoms with E-state index in [1.807, 2.05) is 30.3 Å². The number of H-pyrrole nitrogens is 1. The average molecular weight is 197 g/mol. The summed E-state index contributed by atoms with van der Waals surface area (Å²) in [6.45, 7) is 0. The number of nitriles is 1. The summed E-state index contributed by atoms with van der Waals surface area (Å²) >= 11 is 0. The number of nitrogens with two attached hydrogens (primary N) is 1. The van der Waals surface area contributed by atoms with Crippen molar-refractivity contribution in [3.63, 3.8) is 0 Å². The number of fused-ring (bicyclic) bond motifs is 3. The Hall–Kier alpha value is -2.48. The van der Waals surface area contributed by atoms with Gasteiger partial charge in [-0.05, 0) is 12.1 Å². The van der Waals surface area contributed by atoms with Gasteiger partial charge in [0.2, 0.25) is 0 Å². The Morgan fingerprint density at radius 1 is 1.40 bits per heavy atom. The van der Waals surface area contributed by atoms with Crippen LogP contribution in [0.15, 0.2) is 24.3 Å². The molecule has 0 amide bonds. The largest absolute Gasteiger partial charge is 0.383 e. The van der Waals surface area contributed by atoms with Gasteiger partial charge in [-0.2, -0.15) is 5.26 Å². The number of anilines is 1. The molecule has 5 heteroatoms. The predicted octanol–water partition coefficient (Wildman–Crippen LogP) is 1.27. The lowest BCUT2D eigenvalue weighted by Crippen LogP contribution is -1.89. The smallest absolute Gasteiger partial charge is 0.174 e. The van der Waals surface area contributed by atoms with Gasteiger partial charge in [-0.25, -0.2) is 9.50 Å². The van der Waals surface area contributed by atoms with E-state index in [0.29, 0.717) is 17.0 Å². The van der Waals surface area contributed by atoms with Crippen LogP contribution in [-0.4, -0.2) is 14.6 Å². The van der Waals surface area contributed by atoms with E-state index < -0.39 is 0 Å². The number of aromatic amines is 1. The summed E-state index contributed by atoms with van der Waals surface area (Å²) in [5.74, 6) is 0.353. The zero-order valence-electron chi connectivity index (χ0n) is 7.73. The van der Waals surface area contributed by atoms with Crippen LogP contribution in [0.25, 0.3) is 16.7 Å². The Morgan fingerprint density at radius 2 is 2.20 bits per heavy atom. The van der Waals surface area contributed by atoms with E-state index in [1.165, 1.54) is 0 Å². The third-order valence-corrected chi connectivity index (χ3v) is 2.40. The summed E-state index contributed by atoms with van der Waals surface area (Å²) in [6, 6.07) is 9.68. The van der Waals surface area contributed by atoms with Crippen molar-refractivity contribution >= 4 is 22.5 Å². The normalized spacial score (nSPS) is 10.9. The van der Waals surface area contributed by atoms with Crippen molar-refractivity contribution in [1.29, 1.82) is 5.26 Å². The Morgan fingerprint density at radius 3 is 3.00 bits per heavy atom. The van der Waals surface area contributed by atoms with Gasteiger partial charge in [-0.3, -0.25) is 5.10 Å². The zero-order chi connectivity index (χ0) is 10.4. The molecule has 0 atom stereocenters. The lowest BCUT2D eigenvalue weighted by molar-refractivity contribution is 1.01. The second kappa shape index (κ2) is 2.51. The molecular formula is C10H7N5. The highest BCUT2D eigenvalue weighted by atomic mass is 15.3. The van der Waals surface area contributed by atoms with Gasteiger partial charge >= 0.3 is 0 Å². The number of nitrogen functional groups attached to an aromatic ring is 1. The first kappa shape index (κ1) is 7.88. The van der Waals surface area contributed by atoms with E-state index in [-0.39, 0.29) is 0 Å². The molecule has 5 nitrogen and oxygen atoms in total. The number of nitrogens with one attached hydrogen (secondary N) is 1. The van der Waals surface area contributed by atoms with E-state index in [4.69, 9.17) is 11.0 Å². The SMILES string of the molecule is N#Cc1c(N)[nH]n2c1nc1ccccc12. The fourth-order valence-corrected chi connectivity index (χ4v) is 1.71. The Labute approximate surface area is 84.7 Å². The molecule has 0 aliphatic rings.